The van der Waals surface area contributed by atoms with Crippen LogP contribution < -0.4 is 19.7 Å². The van der Waals surface area contributed by atoms with Crippen molar-refractivity contribution in [2.45, 2.75) is 43.9 Å². The van der Waals surface area contributed by atoms with Crippen LogP contribution in [-0.2, 0) is 9.59 Å². The Morgan fingerprint density at radius 3 is 2.42 bits per heavy atom. The van der Waals surface area contributed by atoms with Crippen LogP contribution in [0.5, 0.6) is 11.5 Å². The molecule has 1 aromatic heterocycles. The highest BCUT2D eigenvalue weighted by Gasteiger charge is 2.48. The van der Waals surface area contributed by atoms with Gasteiger partial charge in [0.25, 0.3) is 0 Å². The Bertz CT molecular complexity index is 912. The summed E-state index contributed by atoms with van der Waals surface area (Å²) in [4.78, 5) is 26.7. The largest absolute Gasteiger partial charge is 0.497 e. The number of benzene rings is 1. The van der Waals surface area contributed by atoms with Gasteiger partial charge in [0.2, 0.25) is 5.91 Å². The number of nitrogens with zero attached hydrogens (tertiary/aromatic N) is 1. The SMILES string of the molecule is COc1ccc(OC)c(N(C(=O)C(F)(F)F)C(C(=O)NC2CCCC2)c2cccs2)c1. The molecule has 1 N–H and O–H groups in total. The standard InChI is InChI=1S/C21H23F3N2O4S/c1-29-14-9-10-16(30-2)15(12-14)26(20(28)21(22,23)24)18(17-8-5-11-31-17)19(27)25-13-6-3-4-7-13/h5,8-13,18H,3-4,6-7H2,1-2H3,(H,25,27). The van der Waals surface area contributed by atoms with Gasteiger partial charge < -0.3 is 14.8 Å². The smallest absolute Gasteiger partial charge is 0.471 e. The molecular weight excluding hydrogens is 433 g/mol. The van der Waals surface area contributed by atoms with Crippen molar-refractivity contribution in [2.75, 3.05) is 19.1 Å². The first-order valence-electron chi connectivity index (χ1n) is 9.72. The van der Waals surface area contributed by atoms with Crippen LogP contribution >= 0.6 is 11.3 Å². The van der Waals surface area contributed by atoms with Gasteiger partial charge in [0.05, 0.1) is 19.9 Å². The Morgan fingerprint density at radius 2 is 1.87 bits per heavy atom. The van der Waals surface area contributed by atoms with E-state index < -0.39 is 24.0 Å². The molecule has 1 atom stereocenters. The van der Waals surface area contributed by atoms with E-state index in [-0.39, 0.29) is 23.2 Å². The summed E-state index contributed by atoms with van der Waals surface area (Å²) < 4.78 is 51.4. The Balaban J connectivity index is 2.14. The van der Waals surface area contributed by atoms with E-state index in [9.17, 15) is 22.8 Å². The van der Waals surface area contributed by atoms with Crippen LogP contribution in [0, 0.1) is 0 Å². The van der Waals surface area contributed by atoms with Crippen molar-refractivity contribution in [1.29, 1.82) is 0 Å². The minimum absolute atomic E-state index is 0.00798. The third-order valence-corrected chi connectivity index (χ3v) is 6.05. The molecule has 1 aliphatic carbocycles. The molecule has 0 spiro atoms. The number of rotatable bonds is 7. The number of methoxy groups -OCH3 is 2. The van der Waals surface area contributed by atoms with Crippen LogP contribution in [0.25, 0.3) is 0 Å². The van der Waals surface area contributed by atoms with Gasteiger partial charge in [0.1, 0.15) is 11.5 Å². The number of hydrogen-bond acceptors (Lipinski definition) is 5. The number of alkyl halides is 3. The molecule has 1 saturated carbocycles. The van der Waals surface area contributed by atoms with E-state index in [2.05, 4.69) is 5.32 Å². The number of amides is 2. The average Bonchev–Trinajstić information content (AvgIpc) is 3.44. The molecule has 1 heterocycles. The minimum Gasteiger partial charge on any atom is -0.497 e. The number of hydrogen-bond donors (Lipinski definition) is 1. The molecule has 2 amide bonds. The van der Waals surface area contributed by atoms with Gasteiger partial charge in [0, 0.05) is 17.0 Å². The highest BCUT2D eigenvalue weighted by atomic mass is 32.1. The summed E-state index contributed by atoms with van der Waals surface area (Å²) in [6, 6.07) is 5.65. The van der Waals surface area contributed by atoms with Gasteiger partial charge in [-0.1, -0.05) is 18.9 Å². The lowest BCUT2D eigenvalue weighted by molar-refractivity contribution is -0.171. The summed E-state index contributed by atoms with van der Waals surface area (Å²) in [6.45, 7) is 0. The summed E-state index contributed by atoms with van der Waals surface area (Å²) >= 11 is 1.10. The Morgan fingerprint density at radius 1 is 1.16 bits per heavy atom. The number of carbonyl (C=O) groups excluding carboxylic acids is 2. The molecule has 1 aliphatic rings. The fourth-order valence-electron chi connectivity index (χ4n) is 3.66. The molecule has 2 aromatic rings. The molecule has 0 bridgehead atoms. The number of nitrogens with one attached hydrogen (secondary N) is 1. The van der Waals surface area contributed by atoms with Crippen molar-refractivity contribution in [3.05, 3.63) is 40.6 Å². The van der Waals surface area contributed by atoms with Crippen molar-refractivity contribution in [1.82, 2.24) is 5.32 Å². The fourth-order valence-corrected chi connectivity index (χ4v) is 4.47. The number of carbonyl (C=O) groups is 2. The number of anilines is 1. The lowest BCUT2D eigenvalue weighted by Crippen LogP contribution is -2.50. The number of ether oxygens (including phenoxy) is 2. The topological polar surface area (TPSA) is 67.9 Å². The van der Waals surface area contributed by atoms with Gasteiger partial charge in [-0.3, -0.25) is 14.5 Å². The van der Waals surface area contributed by atoms with E-state index in [0.29, 0.717) is 9.78 Å². The van der Waals surface area contributed by atoms with E-state index in [4.69, 9.17) is 9.47 Å². The van der Waals surface area contributed by atoms with Crippen LogP contribution in [-0.4, -0.2) is 38.3 Å². The molecule has 1 unspecified atom stereocenters. The Labute approximate surface area is 181 Å². The van der Waals surface area contributed by atoms with Gasteiger partial charge in [-0.2, -0.15) is 13.2 Å². The van der Waals surface area contributed by atoms with Gasteiger partial charge in [0.15, 0.2) is 6.04 Å². The normalized spacial score (nSPS) is 15.4. The third kappa shape index (κ3) is 5.12. The van der Waals surface area contributed by atoms with Gasteiger partial charge in [-0.05, 0) is 36.4 Å². The maximum absolute atomic E-state index is 13.7. The Hall–Kier alpha value is -2.75. The van der Waals surface area contributed by atoms with Crippen LogP contribution in [0.2, 0.25) is 0 Å². The number of thiophene rings is 1. The van der Waals surface area contributed by atoms with Crippen LogP contribution in [0.1, 0.15) is 36.6 Å². The van der Waals surface area contributed by atoms with Crippen molar-refractivity contribution in [3.63, 3.8) is 0 Å². The van der Waals surface area contributed by atoms with Crippen molar-refractivity contribution in [3.8, 4) is 11.5 Å². The third-order valence-electron chi connectivity index (χ3n) is 5.13. The van der Waals surface area contributed by atoms with Crippen LogP contribution in [0.4, 0.5) is 18.9 Å². The average molecular weight is 456 g/mol. The fraction of sp³-hybridized carbons (Fsp3) is 0.429. The second-order valence-corrected chi connectivity index (χ2v) is 8.10. The molecule has 0 saturated heterocycles. The molecule has 0 aliphatic heterocycles. The Kier molecular flexibility index (Phi) is 7.09. The van der Waals surface area contributed by atoms with E-state index in [0.717, 1.165) is 37.0 Å². The molecule has 1 aromatic carbocycles. The summed E-state index contributed by atoms with van der Waals surface area (Å²) in [5.74, 6) is -2.61. The van der Waals surface area contributed by atoms with Crippen molar-refractivity contribution in [2.24, 2.45) is 0 Å². The maximum atomic E-state index is 13.7. The first-order valence-corrected chi connectivity index (χ1v) is 10.6. The predicted octanol–water partition coefficient (Wildman–Crippen LogP) is 4.46. The zero-order valence-corrected chi connectivity index (χ0v) is 17.9. The highest BCUT2D eigenvalue weighted by Crippen LogP contribution is 2.41. The molecule has 31 heavy (non-hydrogen) atoms. The monoisotopic (exact) mass is 456 g/mol. The van der Waals surface area contributed by atoms with Gasteiger partial charge >= 0.3 is 12.1 Å². The predicted molar refractivity (Wildman–Crippen MR) is 111 cm³/mol. The molecule has 3 rings (SSSR count). The van der Waals surface area contributed by atoms with Gasteiger partial charge in [-0.25, -0.2) is 0 Å². The molecule has 10 heteroatoms. The van der Waals surface area contributed by atoms with Crippen molar-refractivity contribution >= 4 is 28.8 Å². The molecular formula is C21H23F3N2O4S. The second-order valence-electron chi connectivity index (χ2n) is 7.12. The highest BCUT2D eigenvalue weighted by molar-refractivity contribution is 7.10. The lowest BCUT2D eigenvalue weighted by atomic mass is 10.1. The minimum atomic E-state index is -5.21. The first kappa shape index (κ1) is 22.9. The lowest BCUT2D eigenvalue weighted by Gasteiger charge is -2.32. The zero-order valence-electron chi connectivity index (χ0n) is 17.1. The summed E-state index contributed by atoms with van der Waals surface area (Å²) in [5.41, 5.74) is -0.204. The summed E-state index contributed by atoms with van der Waals surface area (Å²) in [6.07, 6.45) is -1.85. The van der Waals surface area contributed by atoms with Crippen LogP contribution in [0.15, 0.2) is 35.7 Å². The molecule has 0 radical (unpaired) electrons. The molecule has 1 fully saturated rings. The van der Waals surface area contributed by atoms with Gasteiger partial charge in [-0.15, -0.1) is 11.3 Å². The van der Waals surface area contributed by atoms with E-state index in [1.165, 1.54) is 38.5 Å². The van der Waals surface area contributed by atoms with E-state index in [1.54, 1.807) is 11.4 Å². The zero-order chi connectivity index (χ0) is 22.6. The van der Waals surface area contributed by atoms with E-state index >= 15 is 0 Å². The molecule has 168 valence electrons. The molecule has 6 nitrogen and oxygen atoms in total. The van der Waals surface area contributed by atoms with Crippen molar-refractivity contribution < 1.29 is 32.2 Å². The van der Waals surface area contributed by atoms with E-state index in [1.807, 2.05) is 0 Å². The summed E-state index contributed by atoms with van der Waals surface area (Å²) in [7, 11) is 2.63. The number of halogens is 3. The van der Waals surface area contributed by atoms with Crippen LogP contribution in [0.3, 0.4) is 0 Å². The summed E-state index contributed by atoms with van der Waals surface area (Å²) in [5, 5.41) is 4.47. The second kappa shape index (κ2) is 9.59. The maximum Gasteiger partial charge on any atom is 0.471 e. The quantitative estimate of drug-likeness (QED) is 0.668. The first-order chi connectivity index (χ1) is 14.8.